The Morgan fingerprint density at radius 1 is 1.14 bits per heavy atom. The van der Waals surface area contributed by atoms with Crippen molar-refractivity contribution in [3.8, 4) is 5.75 Å². The number of benzene rings is 2. The second-order valence-corrected chi connectivity index (χ2v) is 7.15. The van der Waals surface area contributed by atoms with E-state index >= 15 is 0 Å². The molecule has 0 saturated carbocycles. The summed E-state index contributed by atoms with van der Waals surface area (Å²) in [5, 5.41) is 25.1. The van der Waals surface area contributed by atoms with Crippen LogP contribution < -0.4 is 15.4 Å². The van der Waals surface area contributed by atoms with Gasteiger partial charge in [-0.05, 0) is 30.3 Å². The number of ether oxygens (including phenoxy) is 1. The fourth-order valence-corrected chi connectivity index (χ4v) is 3.13. The quantitative estimate of drug-likeness (QED) is 0.412. The normalized spacial score (nSPS) is 10.4. The molecule has 0 aliphatic heterocycles. The Labute approximate surface area is 172 Å². The number of carbonyl (C=O) groups is 1. The van der Waals surface area contributed by atoms with Gasteiger partial charge in [0.25, 0.3) is 5.69 Å². The zero-order chi connectivity index (χ0) is 20.1. The lowest BCUT2D eigenvalue weighted by molar-refractivity contribution is -0.384. The van der Waals surface area contributed by atoms with Gasteiger partial charge in [0.2, 0.25) is 5.13 Å². The Kier molecular flexibility index (Phi) is 6.24. The van der Waals surface area contributed by atoms with E-state index in [1.165, 1.54) is 24.3 Å². The molecule has 2 aromatic carbocycles. The first-order chi connectivity index (χ1) is 13.4. The monoisotopic (exact) mass is 439 g/mol. The first-order valence-corrected chi connectivity index (χ1v) is 9.20. The van der Waals surface area contributed by atoms with Crippen molar-refractivity contribution in [2.45, 2.75) is 6.61 Å². The number of amides is 2. The number of non-ortho nitro benzene ring substituents is 1. The van der Waals surface area contributed by atoms with Crippen molar-refractivity contribution < 1.29 is 14.5 Å². The molecule has 28 heavy (non-hydrogen) atoms. The van der Waals surface area contributed by atoms with E-state index in [2.05, 4.69) is 20.8 Å². The highest BCUT2D eigenvalue weighted by Crippen LogP contribution is 2.28. The summed E-state index contributed by atoms with van der Waals surface area (Å²) in [4.78, 5) is 22.1. The van der Waals surface area contributed by atoms with Crippen LogP contribution in [-0.2, 0) is 6.61 Å². The van der Waals surface area contributed by atoms with Crippen LogP contribution in [0.15, 0.2) is 42.5 Å². The molecule has 0 aliphatic rings. The Morgan fingerprint density at radius 2 is 1.89 bits per heavy atom. The Bertz CT molecular complexity index is 1010. The molecule has 2 amide bonds. The molecule has 9 nitrogen and oxygen atoms in total. The maximum absolute atomic E-state index is 12.0. The number of hydrogen-bond acceptors (Lipinski definition) is 7. The molecule has 144 valence electrons. The van der Waals surface area contributed by atoms with Gasteiger partial charge in [-0.2, -0.15) is 0 Å². The number of rotatable bonds is 6. The maximum atomic E-state index is 12.0. The van der Waals surface area contributed by atoms with Crippen molar-refractivity contribution in [3.63, 3.8) is 0 Å². The lowest BCUT2D eigenvalue weighted by atomic mass is 10.3. The van der Waals surface area contributed by atoms with Gasteiger partial charge >= 0.3 is 6.03 Å². The molecule has 12 heteroatoms. The number of nitro groups is 1. The second kappa shape index (κ2) is 8.83. The predicted molar refractivity (Wildman–Crippen MR) is 106 cm³/mol. The van der Waals surface area contributed by atoms with Crippen molar-refractivity contribution in [3.05, 3.63) is 67.6 Å². The summed E-state index contributed by atoms with van der Waals surface area (Å²) in [5.41, 5.74) is 0.328. The molecule has 3 rings (SSSR count). The fourth-order valence-electron chi connectivity index (χ4n) is 2.02. The van der Waals surface area contributed by atoms with E-state index in [0.29, 0.717) is 26.5 Å². The zero-order valence-electron chi connectivity index (χ0n) is 13.9. The number of aromatic nitrogens is 2. The molecule has 0 atom stereocenters. The third-order valence-corrected chi connectivity index (χ3v) is 4.61. The van der Waals surface area contributed by atoms with E-state index in [1.54, 1.807) is 18.2 Å². The van der Waals surface area contributed by atoms with Crippen LogP contribution in [0.5, 0.6) is 5.75 Å². The summed E-state index contributed by atoms with van der Waals surface area (Å²) in [5.74, 6) is 0.451. The average molecular weight is 440 g/mol. The topological polar surface area (TPSA) is 119 Å². The molecular weight excluding hydrogens is 429 g/mol. The van der Waals surface area contributed by atoms with E-state index in [9.17, 15) is 14.9 Å². The van der Waals surface area contributed by atoms with Crippen molar-refractivity contribution in [1.82, 2.24) is 10.2 Å². The Morgan fingerprint density at radius 3 is 2.57 bits per heavy atom. The molecule has 0 radical (unpaired) electrons. The van der Waals surface area contributed by atoms with Crippen molar-refractivity contribution >= 4 is 57.1 Å². The van der Waals surface area contributed by atoms with E-state index in [1.807, 2.05) is 0 Å². The highest BCUT2D eigenvalue weighted by molar-refractivity contribution is 7.15. The maximum Gasteiger partial charge on any atom is 0.325 e. The van der Waals surface area contributed by atoms with Gasteiger partial charge in [0.05, 0.1) is 9.95 Å². The number of carbonyl (C=O) groups excluding carboxylic acids is 1. The highest BCUT2D eigenvalue weighted by Gasteiger charge is 2.11. The van der Waals surface area contributed by atoms with Gasteiger partial charge in [-0.15, -0.1) is 10.2 Å². The Hall–Kier alpha value is -2.95. The molecule has 0 bridgehead atoms. The summed E-state index contributed by atoms with van der Waals surface area (Å²) in [6, 6.07) is 9.73. The van der Waals surface area contributed by atoms with Crippen LogP contribution in [0, 0.1) is 10.1 Å². The molecule has 0 fully saturated rings. The average Bonchev–Trinajstić information content (AvgIpc) is 3.08. The molecule has 0 unspecified atom stereocenters. The predicted octanol–water partition coefficient (Wildman–Crippen LogP) is 4.98. The lowest BCUT2D eigenvalue weighted by Crippen LogP contribution is -2.19. The third-order valence-electron chi connectivity index (χ3n) is 3.27. The number of nitrogens with zero attached hydrogens (tertiary/aromatic N) is 3. The van der Waals surface area contributed by atoms with Crippen LogP contribution in [0.1, 0.15) is 5.01 Å². The first kappa shape index (κ1) is 19.8. The number of nitrogens with one attached hydrogen (secondary N) is 2. The minimum absolute atomic E-state index is 0.0690. The molecule has 3 aromatic rings. The molecule has 1 aromatic heterocycles. The van der Waals surface area contributed by atoms with Crippen molar-refractivity contribution in [2.75, 3.05) is 10.6 Å². The van der Waals surface area contributed by atoms with Crippen LogP contribution >= 0.6 is 34.5 Å². The van der Waals surface area contributed by atoms with Gasteiger partial charge < -0.3 is 10.1 Å². The van der Waals surface area contributed by atoms with E-state index in [0.717, 1.165) is 11.3 Å². The molecular formula is C16H11Cl2N5O4S. The molecule has 0 spiro atoms. The van der Waals surface area contributed by atoms with Crippen molar-refractivity contribution in [1.29, 1.82) is 0 Å². The summed E-state index contributed by atoms with van der Waals surface area (Å²) in [6.45, 7) is 0.116. The molecule has 0 saturated heterocycles. The zero-order valence-corrected chi connectivity index (χ0v) is 16.2. The second-order valence-electron chi connectivity index (χ2n) is 5.25. The van der Waals surface area contributed by atoms with Gasteiger partial charge in [-0.3, -0.25) is 15.4 Å². The Balaban J connectivity index is 1.53. The molecule has 0 aliphatic carbocycles. The number of anilines is 2. The van der Waals surface area contributed by atoms with Crippen LogP contribution in [0.2, 0.25) is 10.0 Å². The summed E-state index contributed by atoms with van der Waals surface area (Å²) in [7, 11) is 0. The summed E-state index contributed by atoms with van der Waals surface area (Å²) in [6.07, 6.45) is 0. The van der Waals surface area contributed by atoms with E-state index < -0.39 is 11.0 Å². The number of halogens is 2. The van der Waals surface area contributed by atoms with Gasteiger partial charge in [0.15, 0.2) is 5.01 Å². The van der Waals surface area contributed by atoms with Crippen LogP contribution in [0.4, 0.5) is 21.3 Å². The highest BCUT2D eigenvalue weighted by atomic mass is 35.5. The number of nitro benzene ring substituents is 1. The first-order valence-electron chi connectivity index (χ1n) is 7.63. The third kappa shape index (κ3) is 5.28. The van der Waals surface area contributed by atoms with Crippen LogP contribution in [-0.4, -0.2) is 21.2 Å². The minimum atomic E-state index is -0.557. The van der Waals surface area contributed by atoms with Crippen LogP contribution in [0.25, 0.3) is 0 Å². The minimum Gasteiger partial charge on any atom is -0.485 e. The molecule has 2 N–H and O–H groups in total. The largest absolute Gasteiger partial charge is 0.485 e. The van der Waals surface area contributed by atoms with Crippen molar-refractivity contribution in [2.24, 2.45) is 0 Å². The standard InChI is InChI=1S/C16H11Cl2N5O4S/c17-9-1-6-13(12(18)7-9)27-8-14-21-22-16(28-14)20-15(24)19-10-2-4-11(5-3-10)23(25)26/h1-7H,8H2,(H2,19,20,22,24). The molecule has 1 heterocycles. The van der Waals surface area contributed by atoms with E-state index in [-0.39, 0.29) is 17.4 Å². The smallest absolute Gasteiger partial charge is 0.325 e. The van der Waals surface area contributed by atoms with Gasteiger partial charge in [0, 0.05) is 22.8 Å². The lowest BCUT2D eigenvalue weighted by Gasteiger charge is -2.06. The number of urea groups is 1. The van der Waals surface area contributed by atoms with Gasteiger partial charge in [-0.1, -0.05) is 34.5 Å². The summed E-state index contributed by atoms with van der Waals surface area (Å²) < 4.78 is 5.56. The van der Waals surface area contributed by atoms with Gasteiger partial charge in [0.1, 0.15) is 12.4 Å². The SMILES string of the molecule is O=C(Nc1ccc([N+](=O)[O-])cc1)Nc1nnc(COc2ccc(Cl)cc2Cl)s1. The van der Waals surface area contributed by atoms with Gasteiger partial charge in [-0.25, -0.2) is 4.79 Å². The van der Waals surface area contributed by atoms with Crippen LogP contribution in [0.3, 0.4) is 0 Å². The fraction of sp³-hybridized carbons (Fsp3) is 0.0625. The number of hydrogen-bond donors (Lipinski definition) is 2. The summed E-state index contributed by atoms with van der Waals surface area (Å²) >= 11 is 13.0. The van der Waals surface area contributed by atoms with E-state index in [4.69, 9.17) is 27.9 Å².